The summed E-state index contributed by atoms with van der Waals surface area (Å²) in [6, 6.07) is 27.6. The van der Waals surface area contributed by atoms with Crippen LogP contribution in [0.2, 0.25) is 0 Å². The Morgan fingerprint density at radius 2 is 1.26 bits per heavy atom. The molecule has 6 aromatic carbocycles. The number of nitrogens with zero attached hydrogens (tertiary/aromatic N) is 3. The highest BCUT2D eigenvalue weighted by atomic mass is 16.3. The summed E-state index contributed by atoms with van der Waals surface area (Å²) in [7, 11) is 0. The van der Waals surface area contributed by atoms with Crippen LogP contribution in [0.3, 0.4) is 0 Å². The first-order valence-electron chi connectivity index (χ1n) is 28.6. The van der Waals surface area contributed by atoms with E-state index in [9.17, 15) is 12.0 Å². The topological polar surface area (TPSA) is 50.9 Å². The van der Waals surface area contributed by atoms with Gasteiger partial charge in [-0.05, 0) is 146 Å². The molecule has 0 fully saturated rings. The van der Waals surface area contributed by atoms with Crippen LogP contribution in [-0.2, 0) is 16.2 Å². The summed E-state index contributed by atoms with van der Waals surface area (Å²) >= 11 is 0. The number of para-hydroxylation sites is 1. The molecule has 0 unspecified atom stereocenters. The highest BCUT2D eigenvalue weighted by Crippen LogP contribution is 2.46. The number of phenols is 1. The maximum absolute atomic E-state index is 12.6. The summed E-state index contributed by atoms with van der Waals surface area (Å²) < 4.78 is 107. The van der Waals surface area contributed by atoms with Gasteiger partial charge in [0, 0.05) is 33.9 Å². The molecular weight excluding hydrogens is 803 g/mol. The van der Waals surface area contributed by atoms with Gasteiger partial charge in [0.15, 0.2) is 0 Å². The maximum Gasteiger partial charge on any atom is 0.149 e. The normalized spacial score (nSPS) is 15.8. The molecule has 8 aromatic rings. The highest BCUT2D eigenvalue weighted by molar-refractivity contribution is 5.97. The Bertz CT molecular complexity index is 3620. The summed E-state index contributed by atoms with van der Waals surface area (Å²) in [5, 5.41) is 12.6. The van der Waals surface area contributed by atoms with E-state index in [0.717, 1.165) is 16.7 Å². The van der Waals surface area contributed by atoms with Crippen LogP contribution >= 0.6 is 0 Å². The number of pyridine rings is 1. The number of rotatable bonds is 8. The van der Waals surface area contributed by atoms with Crippen LogP contribution in [0.4, 0.5) is 0 Å². The van der Waals surface area contributed by atoms with Crippen LogP contribution in [-0.4, -0.2) is 19.6 Å². The molecule has 0 spiro atoms. The molecule has 66 heavy (non-hydrogen) atoms. The van der Waals surface area contributed by atoms with E-state index >= 15 is 0 Å². The fraction of sp³-hybridized carbons (Fsp3) is 0.323. The zero-order chi connectivity index (χ0) is 57.9. The van der Waals surface area contributed by atoms with Crippen molar-refractivity contribution in [2.24, 2.45) is 0 Å². The number of imidazole rings is 1. The molecular formula is C62H69N3O. The molecule has 0 bridgehead atoms. The van der Waals surface area contributed by atoms with E-state index in [4.69, 9.17) is 19.6 Å². The van der Waals surface area contributed by atoms with Crippen molar-refractivity contribution in [2.75, 3.05) is 0 Å². The monoisotopic (exact) mass is 884 g/mol. The van der Waals surface area contributed by atoms with E-state index in [1.165, 1.54) is 6.20 Å². The van der Waals surface area contributed by atoms with Gasteiger partial charge in [-0.2, -0.15) is 0 Å². The molecule has 338 valence electrons. The Morgan fingerprint density at radius 1 is 0.606 bits per heavy atom. The van der Waals surface area contributed by atoms with Gasteiger partial charge in [-0.3, -0.25) is 9.55 Å². The number of fused-ring (bicyclic) bond motifs is 1. The Balaban J connectivity index is 1.46. The van der Waals surface area contributed by atoms with Crippen molar-refractivity contribution >= 4 is 11.0 Å². The first-order valence-corrected chi connectivity index (χ1v) is 22.6. The summed E-state index contributed by atoms with van der Waals surface area (Å²) in [5.74, 6) is -1.90. The maximum atomic E-state index is 12.6. The molecule has 4 heteroatoms. The van der Waals surface area contributed by atoms with E-state index in [0.29, 0.717) is 78.3 Å². The van der Waals surface area contributed by atoms with Crippen molar-refractivity contribution < 1.29 is 21.6 Å². The van der Waals surface area contributed by atoms with Crippen LogP contribution in [0, 0.1) is 13.7 Å². The quantitative estimate of drug-likeness (QED) is 0.165. The predicted molar refractivity (Wildman–Crippen MR) is 281 cm³/mol. The molecule has 2 heterocycles. The lowest BCUT2D eigenvalue weighted by Crippen LogP contribution is -2.17. The second-order valence-electron chi connectivity index (χ2n) is 21.1. The van der Waals surface area contributed by atoms with E-state index in [2.05, 4.69) is 47.6 Å². The summed E-state index contributed by atoms with van der Waals surface area (Å²) in [6.07, 6.45) is 1.52. The Labute approximate surface area is 411 Å². The predicted octanol–water partition coefficient (Wildman–Crippen LogP) is 17.2. The van der Waals surface area contributed by atoms with Gasteiger partial charge < -0.3 is 5.11 Å². The fourth-order valence-electron chi connectivity index (χ4n) is 8.71. The van der Waals surface area contributed by atoms with Crippen molar-refractivity contribution in [1.82, 2.24) is 14.5 Å². The molecule has 2 aromatic heterocycles. The minimum absolute atomic E-state index is 0.00226. The third-order valence-corrected chi connectivity index (χ3v) is 12.5. The molecule has 0 saturated carbocycles. The van der Waals surface area contributed by atoms with Gasteiger partial charge in [0.25, 0.3) is 0 Å². The fourth-order valence-corrected chi connectivity index (χ4v) is 8.71. The van der Waals surface area contributed by atoms with Crippen LogP contribution in [0.5, 0.6) is 5.75 Å². The molecule has 4 nitrogen and oxygen atoms in total. The van der Waals surface area contributed by atoms with Gasteiger partial charge in [-0.25, -0.2) is 4.98 Å². The molecule has 0 saturated heterocycles. The van der Waals surface area contributed by atoms with Crippen molar-refractivity contribution in [3.63, 3.8) is 0 Å². The van der Waals surface area contributed by atoms with Crippen LogP contribution in [0.1, 0.15) is 157 Å². The molecule has 1 N–H and O–H groups in total. The number of aromatic hydroxyl groups is 1. The average Bonchev–Trinajstić information content (AvgIpc) is 3.81. The van der Waals surface area contributed by atoms with Crippen molar-refractivity contribution in [3.8, 4) is 67.5 Å². The molecule has 0 aliphatic heterocycles. The zero-order valence-corrected chi connectivity index (χ0v) is 40.6. The Hall–Kier alpha value is -6.26. The lowest BCUT2D eigenvalue weighted by atomic mass is 9.79. The third kappa shape index (κ3) is 8.87. The van der Waals surface area contributed by atoms with E-state index < -0.39 is 66.1 Å². The number of phenolic OH excluding ortho intramolecular Hbond substituents is 1. The average molecular weight is 884 g/mol. The van der Waals surface area contributed by atoms with Crippen LogP contribution < -0.4 is 0 Å². The van der Waals surface area contributed by atoms with E-state index in [-0.39, 0.29) is 22.3 Å². The summed E-state index contributed by atoms with van der Waals surface area (Å²) in [6.45, 7) is 20.2. The first kappa shape index (κ1) is 33.2. The van der Waals surface area contributed by atoms with Crippen LogP contribution in [0.15, 0.2) is 127 Å². The van der Waals surface area contributed by atoms with E-state index in [1.807, 2.05) is 92.1 Å². The Kier molecular flexibility index (Phi) is 8.66. The molecule has 0 aliphatic carbocycles. The van der Waals surface area contributed by atoms with Crippen molar-refractivity contribution in [3.05, 3.63) is 166 Å². The SMILES string of the molecule is [2H]c1c([2H])c(C([2H])([2H])[2H])c([2H])c([2H])c1-c1ccnc(-c2cc(-c3cccc4c3nc(-c3cc(C(C)(C)C)cc(C(C)(C)C)c3O)n4-c3ccc(-c4c(C([2H])(C)C)cccc4C([2H])(C)C)cc3C([2H])([2H])[2H])cc(C(C)(C)C)c2)c1. The minimum Gasteiger partial charge on any atom is -0.507 e. The summed E-state index contributed by atoms with van der Waals surface area (Å²) in [5.41, 5.74) is 7.56. The molecule has 0 radical (unpaired) electrons. The second-order valence-corrected chi connectivity index (χ2v) is 21.1. The van der Waals surface area contributed by atoms with Crippen LogP contribution in [0.25, 0.3) is 72.7 Å². The van der Waals surface area contributed by atoms with Gasteiger partial charge in [0.1, 0.15) is 11.6 Å². The molecule has 0 atom stereocenters. The van der Waals surface area contributed by atoms with Gasteiger partial charge in [-0.1, -0.05) is 168 Å². The lowest BCUT2D eigenvalue weighted by Gasteiger charge is -2.27. The zero-order valence-electron chi connectivity index (χ0n) is 52.6. The summed E-state index contributed by atoms with van der Waals surface area (Å²) in [4.78, 5) is 10.2. The number of hydrogen-bond acceptors (Lipinski definition) is 3. The van der Waals surface area contributed by atoms with E-state index in [1.54, 1.807) is 52.0 Å². The third-order valence-electron chi connectivity index (χ3n) is 12.5. The van der Waals surface area contributed by atoms with Crippen molar-refractivity contribution in [1.29, 1.82) is 0 Å². The smallest absolute Gasteiger partial charge is 0.149 e. The molecule has 0 aliphatic rings. The highest BCUT2D eigenvalue weighted by Gasteiger charge is 2.29. The first-order chi connectivity index (χ1) is 35.7. The number of aryl methyl sites for hydroxylation is 1. The van der Waals surface area contributed by atoms with Crippen molar-refractivity contribution in [2.45, 2.75) is 132 Å². The number of aromatic nitrogens is 3. The lowest BCUT2D eigenvalue weighted by molar-refractivity contribution is 0.446. The van der Waals surface area contributed by atoms with Gasteiger partial charge in [-0.15, -0.1) is 0 Å². The van der Waals surface area contributed by atoms with Gasteiger partial charge in [0.05, 0.1) is 33.5 Å². The van der Waals surface area contributed by atoms with Gasteiger partial charge in [0.2, 0.25) is 0 Å². The number of benzene rings is 6. The largest absolute Gasteiger partial charge is 0.507 e. The number of hydrogen-bond donors (Lipinski definition) is 1. The second kappa shape index (κ2) is 17.2. The molecule has 0 amide bonds. The minimum atomic E-state index is -2.86. The van der Waals surface area contributed by atoms with Gasteiger partial charge >= 0.3 is 0 Å². The molecule has 8 rings (SSSR count). The Morgan fingerprint density at radius 3 is 1.88 bits per heavy atom. The standard InChI is InChI=1S/C62H69N3O/c1-37(2)48-18-16-19-49(38(3)4)56(48)43-26-27-54(40(6)30-43)65-55-21-17-20-50(57(55)64-59(65)51-35-47(61(10,11)12)36-52(58(51)66)62(13,14)15)44-31-45(33-46(32-44)60(7,8)9)53-34-42(28-29-63-53)41-24-22-39(5)23-25-41/h16-38,66H,1-15H3/i5D3,6D3,22D,23D,24D,25D,37D,38D.